The fourth-order valence-electron chi connectivity index (χ4n) is 1.66. The maximum absolute atomic E-state index is 6.10. The first kappa shape index (κ1) is 13.6. The predicted octanol–water partition coefficient (Wildman–Crippen LogP) is 3.85. The molecule has 2 nitrogen and oxygen atoms in total. The molecule has 2 rings (SSSR count). The SMILES string of the molecule is NC(CCOc1ccccc1)Cc1sccc1Br. The van der Waals surface area contributed by atoms with Crippen LogP contribution in [0, 0.1) is 0 Å². The molecule has 96 valence electrons. The van der Waals surface area contributed by atoms with Crippen molar-refractivity contribution in [2.24, 2.45) is 5.73 Å². The highest BCUT2D eigenvalue weighted by atomic mass is 79.9. The van der Waals surface area contributed by atoms with Crippen LogP contribution in [0.25, 0.3) is 0 Å². The maximum atomic E-state index is 6.10. The Balaban J connectivity index is 1.72. The fraction of sp³-hybridized carbons (Fsp3) is 0.286. The van der Waals surface area contributed by atoms with Gasteiger partial charge in [-0.15, -0.1) is 11.3 Å². The zero-order valence-electron chi connectivity index (χ0n) is 10.0. The van der Waals surface area contributed by atoms with E-state index in [2.05, 4.69) is 27.4 Å². The minimum atomic E-state index is 0.142. The summed E-state index contributed by atoms with van der Waals surface area (Å²) in [5.41, 5.74) is 6.10. The minimum absolute atomic E-state index is 0.142. The van der Waals surface area contributed by atoms with Crippen LogP contribution in [0.4, 0.5) is 0 Å². The van der Waals surface area contributed by atoms with Crippen molar-refractivity contribution in [3.63, 3.8) is 0 Å². The van der Waals surface area contributed by atoms with Crippen molar-refractivity contribution in [2.45, 2.75) is 18.9 Å². The molecule has 0 aliphatic carbocycles. The van der Waals surface area contributed by atoms with Crippen LogP contribution in [-0.2, 0) is 6.42 Å². The third-order valence-corrected chi connectivity index (χ3v) is 4.59. The summed E-state index contributed by atoms with van der Waals surface area (Å²) in [5, 5.41) is 2.08. The summed E-state index contributed by atoms with van der Waals surface area (Å²) in [7, 11) is 0. The number of ether oxygens (including phenoxy) is 1. The second-order valence-corrected chi connectivity index (χ2v) is 5.96. The van der Waals surface area contributed by atoms with Crippen molar-refractivity contribution in [3.8, 4) is 5.75 Å². The lowest BCUT2D eigenvalue weighted by molar-refractivity contribution is 0.297. The Morgan fingerprint density at radius 3 is 2.67 bits per heavy atom. The molecule has 4 heteroatoms. The van der Waals surface area contributed by atoms with Gasteiger partial charge in [0.25, 0.3) is 0 Å². The molecule has 2 N–H and O–H groups in total. The summed E-state index contributed by atoms with van der Waals surface area (Å²) < 4.78 is 6.80. The molecule has 0 saturated heterocycles. The molecule has 0 aliphatic heterocycles. The molecule has 1 atom stereocenters. The predicted molar refractivity (Wildman–Crippen MR) is 80.3 cm³/mol. The first-order valence-electron chi connectivity index (χ1n) is 5.91. The minimum Gasteiger partial charge on any atom is -0.494 e. The summed E-state index contributed by atoms with van der Waals surface area (Å²) in [6.45, 7) is 0.661. The molecule has 1 heterocycles. The number of hydrogen-bond acceptors (Lipinski definition) is 3. The van der Waals surface area contributed by atoms with Crippen molar-refractivity contribution >= 4 is 27.3 Å². The monoisotopic (exact) mass is 325 g/mol. The lowest BCUT2D eigenvalue weighted by atomic mass is 10.1. The largest absolute Gasteiger partial charge is 0.494 e. The van der Waals surface area contributed by atoms with Gasteiger partial charge in [-0.3, -0.25) is 0 Å². The standard InChI is InChI=1S/C14H16BrNOS/c15-13-7-9-18-14(13)10-11(16)6-8-17-12-4-2-1-3-5-12/h1-5,7,9,11H,6,8,10,16H2. The Labute approximate surface area is 120 Å². The second kappa shape index (κ2) is 6.92. The summed E-state index contributed by atoms with van der Waals surface area (Å²) >= 11 is 5.26. The van der Waals surface area contributed by atoms with Crippen LogP contribution in [0.5, 0.6) is 5.75 Å². The van der Waals surface area contributed by atoms with Crippen molar-refractivity contribution in [3.05, 3.63) is 51.1 Å². The lowest BCUT2D eigenvalue weighted by Gasteiger charge is -2.12. The van der Waals surface area contributed by atoms with Gasteiger partial charge in [-0.25, -0.2) is 0 Å². The van der Waals surface area contributed by atoms with E-state index in [9.17, 15) is 0 Å². The van der Waals surface area contributed by atoms with Crippen LogP contribution in [-0.4, -0.2) is 12.6 Å². The van der Waals surface area contributed by atoms with E-state index in [0.717, 1.165) is 23.1 Å². The molecule has 1 aromatic carbocycles. The van der Waals surface area contributed by atoms with Gasteiger partial charge in [-0.1, -0.05) is 18.2 Å². The first-order valence-corrected chi connectivity index (χ1v) is 7.58. The van der Waals surface area contributed by atoms with Crippen LogP contribution >= 0.6 is 27.3 Å². The summed E-state index contributed by atoms with van der Waals surface area (Å²) in [6, 6.07) is 12.0. The van der Waals surface area contributed by atoms with E-state index in [1.165, 1.54) is 4.88 Å². The van der Waals surface area contributed by atoms with E-state index in [1.807, 2.05) is 30.3 Å². The molecular formula is C14H16BrNOS. The second-order valence-electron chi connectivity index (χ2n) is 4.11. The van der Waals surface area contributed by atoms with E-state index >= 15 is 0 Å². The molecule has 1 aromatic heterocycles. The molecule has 0 saturated carbocycles. The molecular weight excluding hydrogens is 310 g/mol. The average Bonchev–Trinajstić information content (AvgIpc) is 2.76. The Bertz CT molecular complexity index is 472. The summed E-state index contributed by atoms with van der Waals surface area (Å²) in [6.07, 6.45) is 1.76. The van der Waals surface area contributed by atoms with Gasteiger partial charge in [0.1, 0.15) is 5.75 Å². The molecule has 0 fully saturated rings. The number of para-hydroxylation sites is 1. The van der Waals surface area contributed by atoms with Gasteiger partial charge in [0.2, 0.25) is 0 Å². The average molecular weight is 326 g/mol. The fourth-order valence-corrected chi connectivity index (χ4v) is 3.26. The van der Waals surface area contributed by atoms with E-state index in [1.54, 1.807) is 11.3 Å². The van der Waals surface area contributed by atoms with Crippen molar-refractivity contribution in [1.82, 2.24) is 0 Å². The molecule has 0 radical (unpaired) electrons. The van der Waals surface area contributed by atoms with Gasteiger partial charge < -0.3 is 10.5 Å². The van der Waals surface area contributed by atoms with Crippen LogP contribution in [0.1, 0.15) is 11.3 Å². The molecule has 18 heavy (non-hydrogen) atoms. The van der Waals surface area contributed by atoms with Gasteiger partial charge in [0.05, 0.1) is 6.61 Å². The third kappa shape index (κ3) is 4.12. The zero-order valence-corrected chi connectivity index (χ0v) is 12.4. The van der Waals surface area contributed by atoms with Gasteiger partial charge >= 0.3 is 0 Å². The number of hydrogen-bond donors (Lipinski definition) is 1. The number of nitrogens with two attached hydrogens (primary N) is 1. The Morgan fingerprint density at radius 1 is 1.22 bits per heavy atom. The van der Waals surface area contributed by atoms with Crippen LogP contribution in [0.3, 0.4) is 0 Å². The van der Waals surface area contributed by atoms with Gasteiger partial charge in [0, 0.05) is 15.4 Å². The highest BCUT2D eigenvalue weighted by molar-refractivity contribution is 9.10. The van der Waals surface area contributed by atoms with E-state index < -0.39 is 0 Å². The van der Waals surface area contributed by atoms with Crippen LogP contribution in [0.15, 0.2) is 46.3 Å². The molecule has 0 amide bonds. The van der Waals surface area contributed by atoms with E-state index in [4.69, 9.17) is 10.5 Å². The number of halogens is 1. The molecule has 2 aromatic rings. The smallest absolute Gasteiger partial charge is 0.119 e. The normalized spacial score (nSPS) is 12.3. The zero-order chi connectivity index (χ0) is 12.8. The highest BCUT2D eigenvalue weighted by Crippen LogP contribution is 2.24. The lowest BCUT2D eigenvalue weighted by Crippen LogP contribution is -2.25. The third-order valence-electron chi connectivity index (χ3n) is 2.64. The summed E-state index contributed by atoms with van der Waals surface area (Å²) in [4.78, 5) is 1.31. The number of benzene rings is 1. The van der Waals surface area contributed by atoms with Crippen molar-refractivity contribution in [1.29, 1.82) is 0 Å². The van der Waals surface area contributed by atoms with Gasteiger partial charge in [-0.2, -0.15) is 0 Å². The van der Waals surface area contributed by atoms with E-state index in [-0.39, 0.29) is 6.04 Å². The van der Waals surface area contributed by atoms with Crippen LogP contribution in [0.2, 0.25) is 0 Å². The highest BCUT2D eigenvalue weighted by Gasteiger charge is 2.08. The van der Waals surface area contributed by atoms with Crippen molar-refractivity contribution in [2.75, 3.05) is 6.61 Å². The molecule has 0 spiro atoms. The van der Waals surface area contributed by atoms with Gasteiger partial charge in [0.15, 0.2) is 0 Å². The van der Waals surface area contributed by atoms with Crippen LogP contribution < -0.4 is 10.5 Å². The number of rotatable bonds is 6. The number of thiophene rings is 1. The molecule has 1 unspecified atom stereocenters. The topological polar surface area (TPSA) is 35.2 Å². The van der Waals surface area contributed by atoms with E-state index in [0.29, 0.717) is 6.61 Å². The Hall–Kier alpha value is -0.840. The Kier molecular flexibility index (Phi) is 5.23. The Morgan fingerprint density at radius 2 is 2.00 bits per heavy atom. The van der Waals surface area contributed by atoms with Gasteiger partial charge in [-0.05, 0) is 52.4 Å². The maximum Gasteiger partial charge on any atom is 0.119 e. The molecule has 0 bridgehead atoms. The quantitative estimate of drug-likeness (QED) is 0.875. The summed E-state index contributed by atoms with van der Waals surface area (Å²) in [5.74, 6) is 0.905. The first-order chi connectivity index (χ1) is 8.75. The molecule has 0 aliphatic rings. The van der Waals surface area contributed by atoms with Crippen molar-refractivity contribution < 1.29 is 4.74 Å².